The molecule has 1 heterocycles. The molecule has 1 aliphatic rings. The molecule has 0 saturated heterocycles. The van der Waals surface area contributed by atoms with Gasteiger partial charge in [-0.25, -0.2) is 4.39 Å². The summed E-state index contributed by atoms with van der Waals surface area (Å²) >= 11 is 0. The summed E-state index contributed by atoms with van der Waals surface area (Å²) in [6.45, 7) is 1.88. The highest BCUT2D eigenvalue weighted by Gasteiger charge is 2.26. The standard InChI is InChI=1S/C18H21FO2/c1-12-16(18(20)14-5-3-2-4-6-14)11-17(21-12)13-7-9-15(19)10-8-13/h7-11,14,18,20H,2-6H2,1H3. The Morgan fingerprint density at radius 1 is 1.14 bits per heavy atom. The van der Waals surface area contributed by atoms with E-state index in [1.807, 2.05) is 13.0 Å². The minimum absolute atomic E-state index is 0.260. The SMILES string of the molecule is Cc1oc(-c2ccc(F)cc2)cc1C(O)C1CCCCC1. The van der Waals surface area contributed by atoms with Gasteiger partial charge < -0.3 is 9.52 Å². The van der Waals surface area contributed by atoms with Gasteiger partial charge in [0.05, 0.1) is 6.10 Å². The maximum atomic E-state index is 13.0. The molecule has 1 atom stereocenters. The minimum Gasteiger partial charge on any atom is -0.461 e. The summed E-state index contributed by atoms with van der Waals surface area (Å²) in [5.74, 6) is 1.52. The van der Waals surface area contributed by atoms with Crippen molar-refractivity contribution in [1.82, 2.24) is 0 Å². The molecule has 0 amide bonds. The lowest BCUT2D eigenvalue weighted by molar-refractivity contribution is 0.0835. The predicted molar refractivity (Wildman–Crippen MR) is 80.4 cm³/mol. The zero-order chi connectivity index (χ0) is 14.8. The van der Waals surface area contributed by atoms with Gasteiger partial charge in [0, 0.05) is 11.1 Å². The molecule has 0 spiro atoms. The maximum Gasteiger partial charge on any atom is 0.134 e. The van der Waals surface area contributed by atoms with Gasteiger partial charge in [-0.15, -0.1) is 0 Å². The fourth-order valence-corrected chi connectivity index (χ4v) is 3.25. The van der Waals surface area contributed by atoms with Crippen LogP contribution in [0.25, 0.3) is 11.3 Å². The van der Waals surface area contributed by atoms with Crippen LogP contribution >= 0.6 is 0 Å². The van der Waals surface area contributed by atoms with Crippen LogP contribution in [0.2, 0.25) is 0 Å². The van der Waals surface area contributed by atoms with E-state index in [2.05, 4.69) is 0 Å². The van der Waals surface area contributed by atoms with Gasteiger partial charge in [0.25, 0.3) is 0 Å². The Hall–Kier alpha value is -1.61. The molecule has 3 rings (SSSR count). The second-order valence-corrected chi connectivity index (χ2v) is 5.97. The van der Waals surface area contributed by atoms with Crippen molar-refractivity contribution in [3.8, 4) is 11.3 Å². The monoisotopic (exact) mass is 288 g/mol. The van der Waals surface area contributed by atoms with Gasteiger partial charge in [-0.3, -0.25) is 0 Å². The van der Waals surface area contributed by atoms with E-state index in [0.717, 1.165) is 29.7 Å². The van der Waals surface area contributed by atoms with Crippen LogP contribution in [0.1, 0.15) is 49.5 Å². The Balaban J connectivity index is 1.85. The predicted octanol–water partition coefficient (Wildman–Crippen LogP) is 5.01. The molecule has 1 N–H and O–H groups in total. The summed E-state index contributed by atoms with van der Waals surface area (Å²) in [4.78, 5) is 0. The summed E-state index contributed by atoms with van der Waals surface area (Å²) in [6.07, 6.45) is 5.37. The van der Waals surface area contributed by atoms with E-state index >= 15 is 0 Å². The Labute approximate surface area is 124 Å². The second kappa shape index (κ2) is 6.02. The summed E-state index contributed by atoms with van der Waals surface area (Å²) < 4.78 is 18.8. The molecule has 1 fully saturated rings. The number of halogens is 1. The summed E-state index contributed by atoms with van der Waals surface area (Å²) in [5, 5.41) is 10.6. The topological polar surface area (TPSA) is 33.4 Å². The van der Waals surface area contributed by atoms with E-state index < -0.39 is 6.10 Å². The Morgan fingerprint density at radius 2 is 1.81 bits per heavy atom. The van der Waals surface area contributed by atoms with E-state index in [1.165, 1.54) is 31.4 Å². The largest absolute Gasteiger partial charge is 0.461 e. The van der Waals surface area contributed by atoms with Gasteiger partial charge in [0.2, 0.25) is 0 Å². The van der Waals surface area contributed by atoms with E-state index in [0.29, 0.717) is 11.7 Å². The van der Waals surface area contributed by atoms with Gasteiger partial charge in [-0.2, -0.15) is 0 Å². The zero-order valence-corrected chi connectivity index (χ0v) is 12.3. The minimum atomic E-state index is -0.455. The molecule has 1 aromatic carbocycles. The van der Waals surface area contributed by atoms with Gasteiger partial charge in [-0.1, -0.05) is 19.3 Å². The van der Waals surface area contributed by atoms with Crippen molar-refractivity contribution in [3.05, 3.63) is 47.5 Å². The van der Waals surface area contributed by atoms with E-state index in [4.69, 9.17) is 4.42 Å². The second-order valence-electron chi connectivity index (χ2n) is 5.97. The van der Waals surface area contributed by atoms with Crippen LogP contribution in [0.15, 0.2) is 34.7 Å². The summed E-state index contributed by atoms with van der Waals surface area (Å²) in [5.41, 5.74) is 1.71. The third-order valence-corrected chi connectivity index (χ3v) is 4.50. The van der Waals surface area contributed by atoms with Crippen molar-refractivity contribution in [2.24, 2.45) is 5.92 Å². The highest BCUT2D eigenvalue weighted by Crippen LogP contribution is 2.38. The van der Waals surface area contributed by atoms with Crippen molar-refractivity contribution in [3.63, 3.8) is 0 Å². The van der Waals surface area contributed by atoms with Crippen LogP contribution in [0.5, 0.6) is 0 Å². The fourth-order valence-electron chi connectivity index (χ4n) is 3.25. The molecule has 1 saturated carbocycles. The Morgan fingerprint density at radius 3 is 2.48 bits per heavy atom. The lowest BCUT2D eigenvalue weighted by atomic mass is 9.83. The molecule has 1 aromatic heterocycles. The molecule has 0 bridgehead atoms. The highest BCUT2D eigenvalue weighted by atomic mass is 19.1. The lowest BCUT2D eigenvalue weighted by Gasteiger charge is -2.26. The molecule has 2 aromatic rings. The van der Waals surface area contributed by atoms with Gasteiger partial charge >= 0.3 is 0 Å². The average Bonchev–Trinajstić information content (AvgIpc) is 2.90. The van der Waals surface area contributed by atoms with Crippen LogP contribution in [0, 0.1) is 18.7 Å². The van der Waals surface area contributed by atoms with Crippen LogP contribution in [-0.4, -0.2) is 5.11 Å². The van der Waals surface area contributed by atoms with E-state index in [9.17, 15) is 9.50 Å². The summed E-state index contributed by atoms with van der Waals surface area (Å²) in [6, 6.07) is 8.14. The molecule has 0 radical (unpaired) electrons. The van der Waals surface area contributed by atoms with Crippen LogP contribution in [0.3, 0.4) is 0 Å². The molecular weight excluding hydrogens is 267 g/mol. The molecule has 3 heteroatoms. The number of benzene rings is 1. The van der Waals surface area contributed by atoms with Crippen molar-refractivity contribution in [2.75, 3.05) is 0 Å². The van der Waals surface area contributed by atoms with E-state index in [-0.39, 0.29) is 5.82 Å². The molecule has 112 valence electrons. The first-order valence-electron chi connectivity index (χ1n) is 7.69. The lowest BCUT2D eigenvalue weighted by Crippen LogP contribution is -2.16. The van der Waals surface area contributed by atoms with E-state index in [1.54, 1.807) is 12.1 Å². The first kappa shape index (κ1) is 14.3. The van der Waals surface area contributed by atoms with Crippen molar-refractivity contribution >= 4 is 0 Å². The van der Waals surface area contributed by atoms with Crippen molar-refractivity contribution in [2.45, 2.75) is 45.1 Å². The molecule has 2 nitrogen and oxygen atoms in total. The maximum absolute atomic E-state index is 13.0. The van der Waals surface area contributed by atoms with Gasteiger partial charge in [0.1, 0.15) is 17.3 Å². The summed E-state index contributed by atoms with van der Waals surface area (Å²) in [7, 11) is 0. The fraction of sp³-hybridized carbons (Fsp3) is 0.444. The molecule has 1 unspecified atom stereocenters. The average molecular weight is 288 g/mol. The third kappa shape index (κ3) is 3.03. The normalized spacial score (nSPS) is 17.9. The van der Waals surface area contributed by atoms with Crippen LogP contribution in [-0.2, 0) is 0 Å². The number of aliphatic hydroxyl groups excluding tert-OH is 1. The number of aryl methyl sites for hydroxylation is 1. The third-order valence-electron chi connectivity index (χ3n) is 4.50. The smallest absolute Gasteiger partial charge is 0.134 e. The van der Waals surface area contributed by atoms with Crippen molar-refractivity contribution in [1.29, 1.82) is 0 Å². The number of hydrogen-bond acceptors (Lipinski definition) is 2. The molecule has 21 heavy (non-hydrogen) atoms. The van der Waals surface area contributed by atoms with Gasteiger partial charge in [-0.05, 0) is 56.0 Å². The number of rotatable bonds is 3. The number of aliphatic hydroxyl groups is 1. The number of hydrogen-bond donors (Lipinski definition) is 1. The molecular formula is C18H21FO2. The zero-order valence-electron chi connectivity index (χ0n) is 12.3. The first-order chi connectivity index (χ1) is 10.1. The van der Waals surface area contributed by atoms with Crippen molar-refractivity contribution < 1.29 is 13.9 Å². The number of furan rings is 1. The van der Waals surface area contributed by atoms with Crippen LogP contribution < -0.4 is 0 Å². The quantitative estimate of drug-likeness (QED) is 0.861. The Kier molecular flexibility index (Phi) is 4.11. The molecule has 1 aliphatic carbocycles. The highest BCUT2D eigenvalue weighted by molar-refractivity contribution is 5.59. The van der Waals surface area contributed by atoms with Crippen LogP contribution in [0.4, 0.5) is 4.39 Å². The first-order valence-corrected chi connectivity index (χ1v) is 7.69. The van der Waals surface area contributed by atoms with Gasteiger partial charge in [0.15, 0.2) is 0 Å². The Bertz CT molecular complexity index is 594. The molecule has 0 aliphatic heterocycles.